The van der Waals surface area contributed by atoms with E-state index in [9.17, 15) is 9.18 Å². The lowest BCUT2D eigenvalue weighted by Gasteiger charge is -2.34. The van der Waals surface area contributed by atoms with Crippen molar-refractivity contribution in [2.75, 3.05) is 32.7 Å². The Bertz CT molecular complexity index is 1050. The fourth-order valence-corrected chi connectivity index (χ4v) is 4.17. The zero-order valence-electron chi connectivity index (χ0n) is 20.2. The summed E-state index contributed by atoms with van der Waals surface area (Å²) in [4.78, 5) is 21.3. The molecule has 4 rings (SSSR count). The van der Waals surface area contributed by atoms with E-state index in [0.717, 1.165) is 50.6 Å². The average Bonchev–Trinajstić information content (AvgIpc) is 2.87. The molecule has 2 aromatic carbocycles. The summed E-state index contributed by atoms with van der Waals surface area (Å²) in [6, 6.07) is 18.3. The van der Waals surface area contributed by atoms with Crippen LogP contribution < -0.4 is 10.1 Å². The number of hydrogen-bond acceptors (Lipinski definition) is 5. The second kappa shape index (κ2) is 12.4. The predicted molar refractivity (Wildman–Crippen MR) is 134 cm³/mol. The Hall–Kier alpha value is -3.29. The first kappa shape index (κ1) is 24.8. The number of amides is 1. The molecule has 1 aromatic heterocycles. The molecule has 0 aliphatic carbocycles. The van der Waals surface area contributed by atoms with Crippen LogP contribution in [0.1, 0.15) is 23.6 Å². The number of carbonyl (C=O) groups excluding carboxylic acids is 1. The van der Waals surface area contributed by atoms with Crippen LogP contribution in [0.5, 0.6) is 5.75 Å². The van der Waals surface area contributed by atoms with Crippen LogP contribution in [-0.2, 0) is 24.3 Å². The van der Waals surface area contributed by atoms with Crippen molar-refractivity contribution in [1.82, 2.24) is 20.1 Å². The molecule has 1 fully saturated rings. The summed E-state index contributed by atoms with van der Waals surface area (Å²) < 4.78 is 18.9. The minimum Gasteiger partial charge on any atom is -0.489 e. The van der Waals surface area contributed by atoms with Gasteiger partial charge in [0.05, 0.1) is 13.0 Å². The van der Waals surface area contributed by atoms with Gasteiger partial charge in [-0.25, -0.2) is 4.39 Å². The van der Waals surface area contributed by atoms with E-state index in [1.54, 1.807) is 12.1 Å². The Morgan fingerprint density at radius 3 is 2.20 bits per heavy atom. The molecule has 1 saturated heterocycles. The highest BCUT2D eigenvalue weighted by atomic mass is 19.1. The van der Waals surface area contributed by atoms with Crippen LogP contribution in [0.3, 0.4) is 0 Å². The molecular weight excluding hydrogens is 443 g/mol. The number of piperazine rings is 1. The summed E-state index contributed by atoms with van der Waals surface area (Å²) in [6.07, 6.45) is 3.82. The van der Waals surface area contributed by atoms with Gasteiger partial charge in [0.25, 0.3) is 0 Å². The number of nitrogens with one attached hydrogen (secondary N) is 1. The maximum absolute atomic E-state index is 13.0. The lowest BCUT2D eigenvalue weighted by Crippen LogP contribution is -2.45. The second-order valence-corrected chi connectivity index (χ2v) is 9.09. The number of pyridine rings is 1. The molecule has 35 heavy (non-hydrogen) atoms. The number of hydrogen-bond donors (Lipinski definition) is 1. The molecule has 0 radical (unpaired) electrons. The summed E-state index contributed by atoms with van der Waals surface area (Å²) in [7, 11) is 0. The van der Waals surface area contributed by atoms with Crippen LogP contribution in [0.4, 0.5) is 4.39 Å². The Balaban J connectivity index is 1.15. The molecule has 1 atom stereocenters. The van der Waals surface area contributed by atoms with Gasteiger partial charge in [0, 0.05) is 51.7 Å². The number of nitrogens with zero attached hydrogens (tertiary/aromatic N) is 3. The highest BCUT2D eigenvalue weighted by Gasteiger charge is 2.17. The maximum Gasteiger partial charge on any atom is 0.224 e. The van der Waals surface area contributed by atoms with Gasteiger partial charge in [0.1, 0.15) is 17.7 Å². The summed E-state index contributed by atoms with van der Waals surface area (Å²) >= 11 is 0. The standard InChI is InChI=1S/C28H33FN4O2/c1-22(18-31-28(34)17-23-4-8-26(29)9-5-23)35-27-10-6-24(7-11-27)20-32-13-15-33(16-14-32)21-25-3-2-12-30-19-25/h2-12,19,22H,13-18,20-21H2,1H3,(H,31,34)/t22-/m0/s1. The SMILES string of the molecule is C[C@@H](CNC(=O)Cc1ccc(F)cc1)Oc1ccc(CN2CCN(Cc3cccnc3)CC2)cc1. The Morgan fingerprint density at radius 2 is 1.57 bits per heavy atom. The quantitative estimate of drug-likeness (QED) is 0.484. The van der Waals surface area contributed by atoms with E-state index in [1.807, 2.05) is 37.5 Å². The van der Waals surface area contributed by atoms with Gasteiger partial charge in [0.2, 0.25) is 5.91 Å². The zero-order valence-corrected chi connectivity index (χ0v) is 20.2. The van der Waals surface area contributed by atoms with Gasteiger partial charge >= 0.3 is 0 Å². The van der Waals surface area contributed by atoms with Crippen LogP contribution in [0, 0.1) is 5.82 Å². The van der Waals surface area contributed by atoms with E-state index in [4.69, 9.17) is 4.74 Å². The first-order valence-electron chi connectivity index (χ1n) is 12.1. The van der Waals surface area contributed by atoms with Crippen molar-refractivity contribution in [2.24, 2.45) is 0 Å². The fraction of sp³-hybridized carbons (Fsp3) is 0.357. The van der Waals surface area contributed by atoms with E-state index in [-0.39, 0.29) is 24.2 Å². The first-order chi connectivity index (χ1) is 17.0. The van der Waals surface area contributed by atoms with Gasteiger partial charge in [-0.3, -0.25) is 19.6 Å². The maximum atomic E-state index is 13.0. The molecule has 1 amide bonds. The van der Waals surface area contributed by atoms with Gasteiger partial charge in [0.15, 0.2) is 0 Å². The third-order valence-corrected chi connectivity index (χ3v) is 6.13. The van der Waals surface area contributed by atoms with Crippen LogP contribution in [0.15, 0.2) is 73.1 Å². The number of benzene rings is 2. The van der Waals surface area contributed by atoms with Gasteiger partial charge < -0.3 is 10.1 Å². The second-order valence-electron chi connectivity index (χ2n) is 9.09. The van der Waals surface area contributed by atoms with Crippen molar-refractivity contribution in [3.63, 3.8) is 0 Å². The van der Waals surface area contributed by atoms with Gasteiger partial charge in [-0.15, -0.1) is 0 Å². The monoisotopic (exact) mass is 476 g/mol. The van der Waals surface area contributed by atoms with Crippen molar-refractivity contribution in [3.8, 4) is 5.75 Å². The van der Waals surface area contributed by atoms with Gasteiger partial charge in [-0.2, -0.15) is 0 Å². The van der Waals surface area contributed by atoms with Crippen LogP contribution in [-0.4, -0.2) is 59.5 Å². The van der Waals surface area contributed by atoms with Crippen molar-refractivity contribution in [3.05, 3.63) is 95.6 Å². The molecule has 7 heteroatoms. The number of ether oxygens (including phenoxy) is 1. The number of aromatic nitrogens is 1. The number of carbonyl (C=O) groups is 1. The number of halogens is 1. The Labute approximate surface area is 206 Å². The van der Waals surface area contributed by atoms with Crippen molar-refractivity contribution < 1.29 is 13.9 Å². The molecule has 0 unspecified atom stereocenters. The summed E-state index contributed by atoms with van der Waals surface area (Å²) in [5.41, 5.74) is 3.31. The molecular formula is C28H33FN4O2. The molecule has 2 heterocycles. The fourth-order valence-electron chi connectivity index (χ4n) is 4.17. The molecule has 0 bridgehead atoms. The third kappa shape index (κ3) is 8.16. The van der Waals surface area contributed by atoms with Crippen LogP contribution >= 0.6 is 0 Å². The van der Waals surface area contributed by atoms with Crippen LogP contribution in [0.25, 0.3) is 0 Å². The van der Waals surface area contributed by atoms with E-state index in [0.29, 0.717) is 6.54 Å². The molecule has 0 spiro atoms. The largest absolute Gasteiger partial charge is 0.489 e. The third-order valence-electron chi connectivity index (χ3n) is 6.13. The van der Waals surface area contributed by atoms with Gasteiger partial charge in [-0.05, 0) is 53.9 Å². The van der Waals surface area contributed by atoms with Crippen molar-refractivity contribution in [1.29, 1.82) is 0 Å². The smallest absolute Gasteiger partial charge is 0.224 e. The van der Waals surface area contributed by atoms with Crippen LogP contribution in [0.2, 0.25) is 0 Å². The number of rotatable bonds is 10. The van der Waals surface area contributed by atoms with Crippen molar-refractivity contribution in [2.45, 2.75) is 32.5 Å². The van der Waals surface area contributed by atoms with E-state index in [2.05, 4.69) is 38.3 Å². The van der Waals surface area contributed by atoms with Crippen molar-refractivity contribution >= 4 is 5.91 Å². The molecule has 3 aromatic rings. The lowest BCUT2D eigenvalue weighted by molar-refractivity contribution is -0.120. The Kier molecular flexibility index (Phi) is 8.81. The van der Waals surface area contributed by atoms with E-state index in [1.165, 1.54) is 23.3 Å². The minimum absolute atomic E-state index is 0.108. The van der Waals surface area contributed by atoms with Gasteiger partial charge in [-0.1, -0.05) is 30.3 Å². The van der Waals surface area contributed by atoms with E-state index >= 15 is 0 Å². The highest BCUT2D eigenvalue weighted by molar-refractivity contribution is 5.78. The predicted octanol–water partition coefficient (Wildman–Crippen LogP) is 3.66. The highest BCUT2D eigenvalue weighted by Crippen LogP contribution is 2.16. The summed E-state index contributed by atoms with van der Waals surface area (Å²) in [6.45, 7) is 8.43. The van der Waals surface area contributed by atoms with E-state index < -0.39 is 0 Å². The normalized spacial score (nSPS) is 15.5. The molecule has 6 nitrogen and oxygen atoms in total. The summed E-state index contributed by atoms with van der Waals surface area (Å²) in [5.74, 6) is 0.375. The topological polar surface area (TPSA) is 57.7 Å². The molecule has 1 N–H and O–H groups in total. The Morgan fingerprint density at radius 1 is 0.943 bits per heavy atom. The average molecular weight is 477 g/mol. The first-order valence-corrected chi connectivity index (χ1v) is 12.1. The zero-order chi connectivity index (χ0) is 24.5. The molecule has 1 aliphatic rings. The molecule has 184 valence electrons. The minimum atomic E-state index is -0.304. The lowest BCUT2D eigenvalue weighted by atomic mass is 10.1. The summed E-state index contributed by atoms with van der Waals surface area (Å²) in [5, 5.41) is 2.88. The molecule has 1 aliphatic heterocycles. The molecule has 0 saturated carbocycles.